The third kappa shape index (κ3) is 10.1. The van der Waals surface area contributed by atoms with Crippen LogP contribution in [-0.4, -0.2) is 24.7 Å². The smallest absolute Gasteiger partial charge is 0.123 e. The summed E-state index contributed by atoms with van der Waals surface area (Å²) >= 11 is 0. The number of hydrogen-bond acceptors (Lipinski definition) is 4. The number of rotatable bonds is 8. The average Bonchev–Trinajstić information content (AvgIpc) is 2.56. The Labute approximate surface area is 167 Å². The van der Waals surface area contributed by atoms with Gasteiger partial charge in [-0.15, -0.1) is 0 Å². The van der Waals surface area contributed by atoms with Gasteiger partial charge >= 0.3 is 0 Å². The maximum absolute atomic E-state index is 10.6. The van der Waals surface area contributed by atoms with Crippen molar-refractivity contribution in [3.8, 4) is 5.75 Å². The Kier molecular flexibility index (Phi) is 11.9. The average molecular weight is 380 g/mol. The molecular formula is C23H45N3O. The lowest BCUT2D eigenvalue weighted by Crippen LogP contribution is -2.18. The zero-order valence-corrected chi connectivity index (χ0v) is 18.7. The van der Waals surface area contributed by atoms with E-state index in [1.54, 1.807) is 0 Å². The minimum Gasteiger partial charge on any atom is -0.507 e. The Morgan fingerprint density at radius 2 is 1.04 bits per heavy atom. The van der Waals surface area contributed by atoms with Crippen molar-refractivity contribution in [2.75, 3.05) is 19.6 Å². The molecular weight excluding hydrogens is 334 g/mol. The van der Waals surface area contributed by atoms with E-state index < -0.39 is 0 Å². The van der Waals surface area contributed by atoms with Gasteiger partial charge in [0, 0.05) is 0 Å². The fraction of sp³-hybridized carbons (Fsp3) is 0.739. The number of unbranched alkanes of at least 4 members (excludes halogenated alkanes) is 3. The van der Waals surface area contributed by atoms with Gasteiger partial charge in [-0.1, -0.05) is 66.5 Å². The van der Waals surface area contributed by atoms with Crippen LogP contribution in [0, 0.1) is 0 Å². The Balaban J connectivity index is 0.000000713. The number of aromatic hydroxyl groups is 1. The van der Waals surface area contributed by atoms with Crippen molar-refractivity contribution in [2.45, 2.75) is 90.9 Å². The second-order valence-electron chi connectivity index (χ2n) is 9.42. The van der Waals surface area contributed by atoms with Gasteiger partial charge in [0.2, 0.25) is 0 Å². The van der Waals surface area contributed by atoms with E-state index in [2.05, 4.69) is 53.7 Å². The van der Waals surface area contributed by atoms with Crippen molar-refractivity contribution in [2.24, 2.45) is 17.2 Å². The van der Waals surface area contributed by atoms with E-state index in [9.17, 15) is 5.11 Å². The zero-order valence-electron chi connectivity index (χ0n) is 18.7. The van der Waals surface area contributed by atoms with Crippen LogP contribution in [0.2, 0.25) is 0 Å². The molecule has 0 aliphatic heterocycles. The van der Waals surface area contributed by atoms with Crippen molar-refractivity contribution >= 4 is 0 Å². The number of aryl methyl sites for hydroxylation is 1. The van der Waals surface area contributed by atoms with Gasteiger partial charge in [0.15, 0.2) is 0 Å². The van der Waals surface area contributed by atoms with Crippen LogP contribution in [-0.2, 0) is 17.3 Å². The van der Waals surface area contributed by atoms with Crippen LogP contribution in [0.15, 0.2) is 12.1 Å². The van der Waals surface area contributed by atoms with Gasteiger partial charge in [0.25, 0.3) is 0 Å². The summed E-state index contributed by atoms with van der Waals surface area (Å²) in [4.78, 5) is 0. The van der Waals surface area contributed by atoms with Crippen LogP contribution in [0.1, 0.15) is 90.3 Å². The molecule has 0 bridgehead atoms. The molecule has 1 rings (SSSR count). The van der Waals surface area contributed by atoms with Gasteiger partial charge in [0.05, 0.1) is 0 Å². The predicted molar refractivity (Wildman–Crippen MR) is 119 cm³/mol. The Morgan fingerprint density at radius 1 is 0.667 bits per heavy atom. The van der Waals surface area contributed by atoms with Crippen LogP contribution >= 0.6 is 0 Å². The number of phenolic OH excluding ortho intramolecular Hbond substituents is 1. The van der Waals surface area contributed by atoms with Crippen molar-refractivity contribution in [1.29, 1.82) is 0 Å². The first-order valence-corrected chi connectivity index (χ1v) is 10.5. The molecule has 0 amide bonds. The van der Waals surface area contributed by atoms with E-state index in [4.69, 9.17) is 17.2 Å². The molecule has 0 saturated carbocycles. The molecule has 0 spiro atoms. The van der Waals surface area contributed by atoms with E-state index in [1.165, 1.54) is 18.4 Å². The van der Waals surface area contributed by atoms with E-state index in [-0.39, 0.29) is 10.8 Å². The van der Waals surface area contributed by atoms with E-state index >= 15 is 0 Å². The standard InChI is InChI=1S/C17H29NO.C6H16N2/c1-16(2,3)13-10-12(8-7-9-18)11-14(15(13)19)17(4,5)6;7-5-3-1-2-4-6-8/h10-11,19H,7-9,18H2,1-6H3;1-8H2. The molecule has 0 aliphatic rings. The molecule has 0 atom stereocenters. The lowest BCUT2D eigenvalue weighted by atomic mass is 9.78. The molecule has 0 radical (unpaired) electrons. The Hall–Kier alpha value is -1.10. The van der Waals surface area contributed by atoms with Gasteiger partial charge in [-0.25, -0.2) is 0 Å². The lowest BCUT2D eigenvalue weighted by Gasteiger charge is -2.28. The van der Waals surface area contributed by atoms with Crippen molar-refractivity contribution in [3.63, 3.8) is 0 Å². The summed E-state index contributed by atoms with van der Waals surface area (Å²) in [6, 6.07) is 4.28. The molecule has 0 fully saturated rings. The maximum atomic E-state index is 10.6. The molecule has 0 unspecified atom stereocenters. The summed E-state index contributed by atoms with van der Waals surface area (Å²) in [6.45, 7) is 15.2. The maximum Gasteiger partial charge on any atom is 0.123 e. The van der Waals surface area contributed by atoms with Crippen LogP contribution in [0.3, 0.4) is 0 Å². The quantitative estimate of drug-likeness (QED) is 0.505. The van der Waals surface area contributed by atoms with E-state index in [0.717, 1.165) is 49.9 Å². The minimum absolute atomic E-state index is 0.0528. The van der Waals surface area contributed by atoms with Crippen LogP contribution < -0.4 is 17.2 Å². The third-order valence-corrected chi connectivity index (χ3v) is 4.61. The second-order valence-corrected chi connectivity index (χ2v) is 9.42. The highest BCUT2D eigenvalue weighted by molar-refractivity contribution is 5.49. The summed E-state index contributed by atoms with van der Waals surface area (Å²) in [5.74, 6) is 0.455. The molecule has 0 aromatic heterocycles. The number of hydrogen-bond donors (Lipinski definition) is 4. The molecule has 1 aromatic carbocycles. The largest absolute Gasteiger partial charge is 0.507 e. The van der Waals surface area contributed by atoms with Crippen LogP contribution in [0.25, 0.3) is 0 Å². The van der Waals surface area contributed by atoms with Crippen LogP contribution in [0.4, 0.5) is 0 Å². The molecule has 4 nitrogen and oxygen atoms in total. The first kappa shape index (κ1) is 25.9. The molecule has 0 aliphatic carbocycles. The molecule has 27 heavy (non-hydrogen) atoms. The normalized spacial score (nSPS) is 11.9. The first-order chi connectivity index (χ1) is 12.5. The molecule has 1 aromatic rings. The summed E-state index contributed by atoms with van der Waals surface area (Å²) in [5.41, 5.74) is 19.4. The minimum atomic E-state index is -0.0528. The van der Waals surface area contributed by atoms with E-state index in [1.807, 2.05) is 0 Å². The molecule has 4 heteroatoms. The summed E-state index contributed by atoms with van der Waals surface area (Å²) in [7, 11) is 0. The summed E-state index contributed by atoms with van der Waals surface area (Å²) in [6.07, 6.45) is 6.75. The van der Waals surface area contributed by atoms with Gasteiger partial charge < -0.3 is 22.3 Å². The van der Waals surface area contributed by atoms with Crippen molar-refractivity contribution in [3.05, 3.63) is 28.8 Å². The van der Waals surface area contributed by atoms with Gasteiger partial charge in [-0.05, 0) is 72.8 Å². The molecule has 7 N–H and O–H groups in total. The van der Waals surface area contributed by atoms with Crippen molar-refractivity contribution < 1.29 is 5.11 Å². The summed E-state index contributed by atoms with van der Waals surface area (Å²) < 4.78 is 0. The Morgan fingerprint density at radius 3 is 1.33 bits per heavy atom. The first-order valence-electron chi connectivity index (χ1n) is 10.5. The third-order valence-electron chi connectivity index (χ3n) is 4.61. The van der Waals surface area contributed by atoms with Crippen LogP contribution in [0.5, 0.6) is 5.75 Å². The highest BCUT2D eigenvalue weighted by Gasteiger charge is 2.26. The fourth-order valence-electron chi connectivity index (χ4n) is 2.93. The number of phenols is 1. The lowest BCUT2D eigenvalue weighted by molar-refractivity contribution is 0.422. The summed E-state index contributed by atoms with van der Waals surface area (Å²) in [5, 5.41) is 10.6. The molecule has 158 valence electrons. The Bertz CT molecular complexity index is 486. The molecule has 0 saturated heterocycles. The number of nitrogens with two attached hydrogens (primary N) is 3. The van der Waals surface area contributed by atoms with Gasteiger partial charge in [-0.2, -0.15) is 0 Å². The monoisotopic (exact) mass is 379 g/mol. The SMILES string of the molecule is CC(C)(C)c1cc(CCCN)cc(C(C)(C)C)c1O.NCCCCCCN. The van der Waals surface area contributed by atoms with Gasteiger partial charge in [0.1, 0.15) is 5.75 Å². The highest BCUT2D eigenvalue weighted by atomic mass is 16.3. The number of benzene rings is 1. The van der Waals surface area contributed by atoms with E-state index in [0.29, 0.717) is 12.3 Å². The topological polar surface area (TPSA) is 98.3 Å². The molecule has 0 heterocycles. The second kappa shape index (κ2) is 12.4. The predicted octanol–water partition coefficient (Wildman–Crippen LogP) is 4.34. The fourth-order valence-corrected chi connectivity index (χ4v) is 2.93. The highest BCUT2D eigenvalue weighted by Crippen LogP contribution is 2.39. The van der Waals surface area contributed by atoms with Crippen molar-refractivity contribution in [1.82, 2.24) is 0 Å². The van der Waals surface area contributed by atoms with Gasteiger partial charge in [-0.3, -0.25) is 0 Å². The zero-order chi connectivity index (χ0) is 21.1.